The molecule has 2 heterocycles. The number of nitrogens with zero attached hydrogens (tertiary/aromatic N) is 2. The van der Waals surface area contributed by atoms with Crippen molar-refractivity contribution in [3.63, 3.8) is 0 Å². The van der Waals surface area contributed by atoms with Crippen LogP contribution in [-0.2, 0) is 4.74 Å². The summed E-state index contributed by atoms with van der Waals surface area (Å²) in [5, 5.41) is 1.10. The van der Waals surface area contributed by atoms with Gasteiger partial charge in [0.15, 0.2) is 0 Å². The lowest BCUT2D eigenvalue weighted by Crippen LogP contribution is -2.15. The van der Waals surface area contributed by atoms with Crippen LogP contribution in [0.5, 0.6) is 0 Å². The van der Waals surface area contributed by atoms with Crippen molar-refractivity contribution in [2.45, 2.75) is 18.8 Å². The van der Waals surface area contributed by atoms with E-state index in [0.717, 1.165) is 24.6 Å². The molecule has 0 aliphatic carbocycles. The SMILES string of the molecule is Brc1nsc(C2CCCOC2)n1. The maximum absolute atomic E-state index is 5.37. The molecule has 2 rings (SSSR count). The van der Waals surface area contributed by atoms with Gasteiger partial charge in [-0.05, 0) is 40.3 Å². The van der Waals surface area contributed by atoms with Gasteiger partial charge in [0.05, 0.1) is 6.61 Å². The standard InChI is InChI=1S/C7H9BrN2OS/c8-7-9-6(12-10-7)5-2-1-3-11-4-5/h5H,1-4H2. The van der Waals surface area contributed by atoms with Crippen LogP contribution in [0.3, 0.4) is 0 Å². The summed E-state index contributed by atoms with van der Waals surface area (Å²) in [4.78, 5) is 4.28. The molecule has 1 unspecified atom stereocenters. The normalized spacial score (nSPS) is 24.2. The molecule has 1 aliphatic heterocycles. The van der Waals surface area contributed by atoms with Crippen molar-refractivity contribution in [1.82, 2.24) is 9.36 Å². The summed E-state index contributed by atoms with van der Waals surface area (Å²) in [5.74, 6) is 0.475. The van der Waals surface area contributed by atoms with Gasteiger partial charge in [0.25, 0.3) is 0 Å². The molecule has 0 saturated carbocycles. The van der Waals surface area contributed by atoms with Crippen LogP contribution in [0.1, 0.15) is 23.8 Å². The Morgan fingerprint density at radius 3 is 3.08 bits per heavy atom. The summed E-state index contributed by atoms with van der Waals surface area (Å²) in [6, 6.07) is 0. The molecule has 3 nitrogen and oxygen atoms in total. The molecule has 0 radical (unpaired) electrons. The Kier molecular flexibility index (Phi) is 2.73. The summed E-state index contributed by atoms with van der Waals surface area (Å²) in [6.07, 6.45) is 2.32. The Bertz CT molecular complexity index is 260. The van der Waals surface area contributed by atoms with Crippen molar-refractivity contribution >= 4 is 27.5 Å². The minimum Gasteiger partial charge on any atom is -0.381 e. The zero-order chi connectivity index (χ0) is 8.39. The summed E-state index contributed by atoms with van der Waals surface area (Å²) in [6.45, 7) is 1.71. The van der Waals surface area contributed by atoms with Gasteiger partial charge in [-0.3, -0.25) is 0 Å². The molecule has 0 amide bonds. The first-order chi connectivity index (χ1) is 5.86. The third-order valence-corrected chi connectivity index (χ3v) is 3.39. The highest BCUT2D eigenvalue weighted by atomic mass is 79.9. The van der Waals surface area contributed by atoms with Gasteiger partial charge in [0.2, 0.25) is 4.73 Å². The number of hydrogen-bond acceptors (Lipinski definition) is 4. The Hall–Kier alpha value is -0.0000000000000000278. The quantitative estimate of drug-likeness (QED) is 0.765. The third-order valence-electron chi connectivity index (χ3n) is 1.93. The Morgan fingerprint density at radius 1 is 1.58 bits per heavy atom. The fourth-order valence-corrected chi connectivity index (χ4v) is 2.52. The molecule has 0 bridgehead atoms. The van der Waals surface area contributed by atoms with E-state index in [0.29, 0.717) is 10.7 Å². The molecule has 1 aromatic rings. The van der Waals surface area contributed by atoms with Gasteiger partial charge in [-0.2, -0.15) is 4.37 Å². The van der Waals surface area contributed by atoms with Crippen molar-refractivity contribution in [3.05, 3.63) is 9.74 Å². The van der Waals surface area contributed by atoms with Crippen LogP contribution in [-0.4, -0.2) is 22.6 Å². The Balaban J connectivity index is 2.08. The first-order valence-corrected chi connectivity index (χ1v) is 5.50. The second-order valence-electron chi connectivity index (χ2n) is 2.82. The van der Waals surface area contributed by atoms with E-state index in [1.807, 2.05) is 0 Å². The molecule has 0 N–H and O–H groups in total. The second kappa shape index (κ2) is 3.81. The van der Waals surface area contributed by atoms with Crippen LogP contribution in [0.4, 0.5) is 0 Å². The molecule has 1 saturated heterocycles. The Labute approximate surface area is 83.5 Å². The first-order valence-electron chi connectivity index (χ1n) is 3.93. The van der Waals surface area contributed by atoms with Crippen LogP contribution < -0.4 is 0 Å². The van der Waals surface area contributed by atoms with E-state index in [1.54, 1.807) is 0 Å². The molecular weight excluding hydrogens is 240 g/mol. The minimum absolute atomic E-state index is 0.475. The van der Waals surface area contributed by atoms with E-state index in [-0.39, 0.29) is 0 Å². The maximum Gasteiger partial charge on any atom is 0.209 e. The second-order valence-corrected chi connectivity index (χ2v) is 4.31. The fraction of sp³-hybridized carbons (Fsp3) is 0.714. The highest BCUT2D eigenvalue weighted by Crippen LogP contribution is 2.27. The summed E-state index contributed by atoms with van der Waals surface area (Å²) in [5.41, 5.74) is 0. The first kappa shape index (κ1) is 8.59. The Morgan fingerprint density at radius 2 is 2.50 bits per heavy atom. The summed E-state index contributed by atoms with van der Waals surface area (Å²) in [7, 11) is 0. The molecule has 12 heavy (non-hydrogen) atoms. The van der Waals surface area contributed by atoms with E-state index in [9.17, 15) is 0 Å². The lowest BCUT2D eigenvalue weighted by atomic mass is 10.0. The molecular formula is C7H9BrN2OS. The van der Waals surface area contributed by atoms with Crippen molar-refractivity contribution < 1.29 is 4.74 Å². The largest absolute Gasteiger partial charge is 0.381 e. The van der Waals surface area contributed by atoms with Crippen LogP contribution in [0.15, 0.2) is 4.73 Å². The van der Waals surface area contributed by atoms with Gasteiger partial charge < -0.3 is 4.74 Å². The average Bonchev–Trinajstić information content (AvgIpc) is 2.54. The zero-order valence-electron chi connectivity index (χ0n) is 6.49. The highest BCUT2D eigenvalue weighted by Gasteiger charge is 2.19. The zero-order valence-corrected chi connectivity index (χ0v) is 8.90. The van der Waals surface area contributed by atoms with Crippen LogP contribution in [0.25, 0.3) is 0 Å². The van der Waals surface area contributed by atoms with Gasteiger partial charge in [-0.1, -0.05) is 0 Å². The van der Waals surface area contributed by atoms with Crippen molar-refractivity contribution in [3.8, 4) is 0 Å². The smallest absolute Gasteiger partial charge is 0.209 e. The molecule has 1 aliphatic rings. The van der Waals surface area contributed by atoms with E-state index in [2.05, 4.69) is 25.3 Å². The number of ether oxygens (including phenoxy) is 1. The predicted octanol–water partition coefficient (Wildman–Crippen LogP) is 2.19. The topological polar surface area (TPSA) is 35.0 Å². The minimum atomic E-state index is 0.475. The fourth-order valence-electron chi connectivity index (χ4n) is 1.32. The predicted molar refractivity (Wildman–Crippen MR) is 50.4 cm³/mol. The van der Waals surface area contributed by atoms with Crippen molar-refractivity contribution in [2.24, 2.45) is 0 Å². The van der Waals surface area contributed by atoms with Gasteiger partial charge in [-0.25, -0.2) is 4.98 Å². The van der Waals surface area contributed by atoms with Gasteiger partial charge in [0, 0.05) is 12.5 Å². The molecule has 66 valence electrons. The third kappa shape index (κ3) is 1.84. The van der Waals surface area contributed by atoms with E-state index in [1.165, 1.54) is 18.0 Å². The lowest BCUT2D eigenvalue weighted by Gasteiger charge is -2.19. The monoisotopic (exact) mass is 248 g/mol. The molecule has 1 aromatic heterocycles. The number of hydrogen-bond donors (Lipinski definition) is 0. The molecule has 1 atom stereocenters. The van der Waals surface area contributed by atoms with Gasteiger partial charge in [0.1, 0.15) is 5.01 Å². The molecule has 0 spiro atoms. The van der Waals surface area contributed by atoms with E-state index >= 15 is 0 Å². The summed E-state index contributed by atoms with van der Waals surface area (Å²) < 4.78 is 10.2. The lowest BCUT2D eigenvalue weighted by molar-refractivity contribution is 0.0803. The summed E-state index contributed by atoms with van der Waals surface area (Å²) >= 11 is 4.71. The average molecular weight is 249 g/mol. The number of halogens is 1. The van der Waals surface area contributed by atoms with Crippen LogP contribution >= 0.6 is 27.5 Å². The van der Waals surface area contributed by atoms with Crippen molar-refractivity contribution in [2.75, 3.05) is 13.2 Å². The maximum atomic E-state index is 5.37. The molecule has 0 aromatic carbocycles. The molecule has 5 heteroatoms. The van der Waals surface area contributed by atoms with E-state index < -0.39 is 0 Å². The van der Waals surface area contributed by atoms with Gasteiger partial charge in [-0.15, -0.1) is 0 Å². The molecule has 1 fully saturated rings. The van der Waals surface area contributed by atoms with Crippen LogP contribution in [0, 0.1) is 0 Å². The van der Waals surface area contributed by atoms with Crippen LogP contribution in [0.2, 0.25) is 0 Å². The highest BCUT2D eigenvalue weighted by molar-refractivity contribution is 9.10. The number of rotatable bonds is 1. The van der Waals surface area contributed by atoms with Gasteiger partial charge >= 0.3 is 0 Å². The van der Waals surface area contributed by atoms with E-state index in [4.69, 9.17) is 4.74 Å². The van der Waals surface area contributed by atoms with Crippen molar-refractivity contribution in [1.29, 1.82) is 0 Å². The number of aromatic nitrogens is 2.